The SMILES string of the molecule is NC(=O)CN(C(=O)OCC(F)(F)F)C1CCCC1. The molecule has 2 N–H and O–H groups in total. The number of amides is 2. The molecule has 104 valence electrons. The van der Waals surface area contributed by atoms with Gasteiger partial charge < -0.3 is 10.5 Å². The van der Waals surface area contributed by atoms with E-state index in [9.17, 15) is 22.8 Å². The summed E-state index contributed by atoms with van der Waals surface area (Å²) in [5, 5.41) is 0. The second-order valence-electron chi connectivity index (χ2n) is 4.20. The lowest BCUT2D eigenvalue weighted by Gasteiger charge is -2.27. The Kier molecular flexibility index (Phi) is 4.80. The molecule has 8 heteroatoms. The van der Waals surface area contributed by atoms with E-state index in [1.807, 2.05) is 0 Å². The van der Waals surface area contributed by atoms with Crippen molar-refractivity contribution in [3.63, 3.8) is 0 Å². The first kappa shape index (κ1) is 14.6. The number of carbonyl (C=O) groups is 2. The topological polar surface area (TPSA) is 72.6 Å². The van der Waals surface area contributed by atoms with Gasteiger partial charge in [0.25, 0.3) is 0 Å². The van der Waals surface area contributed by atoms with Gasteiger partial charge in [-0.25, -0.2) is 4.79 Å². The van der Waals surface area contributed by atoms with Gasteiger partial charge in [-0.1, -0.05) is 12.8 Å². The second-order valence-corrected chi connectivity index (χ2v) is 4.20. The number of carbonyl (C=O) groups excluding carboxylic acids is 2. The average molecular weight is 268 g/mol. The Bertz CT molecular complexity index is 314. The van der Waals surface area contributed by atoms with E-state index >= 15 is 0 Å². The van der Waals surface area contributed by atoms with E-state index in [-0.39, 0.29) is 6.04 Å². The predicted molar refractivity (Wildman–Crippen MR) is 55.6 cm³/mol. The summed E-state index contributed by atoms with van der Waals surface area (Å²) >= 11 is 0. The van der Waals surface area contributed by atoms with E-state index in [4.69, 9.17) is 5.73 Å². The number of hydrogen-bond donors (Lipinski definition) is 1. The molecule has 1 aliphatic rings. The molecule has 2 amide bonds. The van der Waals surface area contributed by atoms with Crippen molar-refractivity contribution in [1.29, 1.82) is 0 Å². The lowest BCUT2D eigenvalue weighted by atomic mass is 10.2. The van der Waals surface area contributed by atoms with Crippen LogP contribution in [0.2, 0.25) is 0 Å². The van der Waals surface area contributed by atoms with Crippen molar-refractivity contribution in [2.45, 2.75) is 37.9 Å². The van der Waals surface area contributed by atoms with Gasteiger partial charge in [-0.15, -0.1) is 0 Å². The molecule has 1 fully saturated rings. The van der Waals surface area contributed by atoms with E-state index in [0.29, 0.717) is 12.8 Å². The van der Waals surface area contributed by atoms with E-state index in [1.54, 1.807) is 0 Å². The molecule has 1 saturated carbocycles. The maximum absolute atomic E-state index is 11.9. The summed E-state index contributed by atoms with van der Waals surface area (Å²) in [5.74, 6) is -0.772. The van der Waals surface area contributed by atoms with Crippen LogP contribution in [-0.2, 0) is 9.53 Å². The molecule has 18 heavy (non-hydrogen) atoms. The van der Waals surface area contributed by atoms with Gasteiger partial charge in [0.1, 0.15) is 6.54 Å². The van der Waals surface area contributed by atoms with Gasteiger partial charge in [0.2, 0.25) is 5.91 Å². The molecule has 0 saturated heterocycles. The standard InChI is InChI=1S/C10H15F3N2O3/c11-10(12,13)6-18-9(17)15(5-8(14)16)7-3-1-2-4-7/h7H,1-6H2,(H2,14,16). The first-order chi connectivity index (χ1) is 8.29. The molecule has 0 bridgehead atoms. The van der Waals surface area contributed by atoms with Gasteiger partial charge in [0.15, 0.2) is 6.61 Å². The molecular weight excluding hydrogens is 253 g/mol. The second kappa shape index (κ2) is 5.92. The third kappa shape index (κ3) is 4.80. The van der Waals surface area contributed by atoms with Crippen LogP contribution in [0, 0.1) is 0 Å². The zero-order valence-corrected chi connectivity index (χ0v) is 9.70. The number of alkyl halides is 3. The summed E-state index contributed by atoms with van der Waals surface area (Å²) in [6, 6.07) is -0.266. The fraction of sp³-hybridized carbons (Fsp3) is 0.800. The monoisotopic (exact) mass is 268 g/mol. The van der Waals surface area contributed by atoms with Crippen molar-refractivity contribution >= 4 is 12.0 Å². The smallest absolute Gasteiger partial charge is 0.422 e. The zero-order chi connectivity index (χ0) is 13.8. The lowest BCUT2D eigenvalue weighted by molar-refractivity contribution is -0.163. The Morgan fingerprint density at radius 2 is 1.83 bits per heavy atom. The summed E-state index contributed by atoms with van der Waals surface area (Å²) in [5.41, 5.74) is 4.97. The summed E-state index contributed by atoms with van der Waals surface area (Å²) < 4.78 is 39.9. The van der Waals surface area contributed by atoms with Crippen molar-refractivity contribution in [3.8, 4) is 0 Å². The normalized spacial score (nSPS) is 16.6. The molecule has 0 unspecified atom stereocenters. The number of nitrogens with two attached hydrogens (primary N) is 1. The van der Waals surface area contributed by atoms with Gasteiger partial charge >= 0.3 is 12.3 Å². The quantitative estimate of drug-likeness (QED) is 0.838. The first-order valence-corrected chi connectivity index (χ1v) is 5.58. The average Bonchev–Trinajstić information content (AvgIpc) is 2.74. The van der Waals surface area contributed by atoms with E-state index in [2.05, 4.69) is 4.74 Å². The number of halogens is 3. The van der Waals surface area contributed by atoms with Crippen molar-refractivity contribution in [2.75, 3.05) is 13.2 Å². The minimum Gasteiger partial charge on any atom is -0.440 e. The summed E-state index contributed by atoms with van der Waals surface area (Å²) in [6.07, 6.45) is -2.69. The molecule has 0 radical (unpaired) electrons. The Hall–Kier alpha value is -1.47. The van der Waals surface area contributed by atoms with Crippen molar-refractivity contribution in [2.24, 2.45) is 5.73 Å². The zero-order valence-electron chi connectivity index (χ0n) is 9.70. The highest BCUT2D eigenvalue weighted by atomic mass is 19.4. The molecule has 0 atom stereocenters. The van der Waals surface area contributed by atoms with Crippen LogP contribution in [-0.4, -0.2) is 42.3 Å². The van der Waals surface area contributed by atoms with E-state index < -0.39 is 31.3 Å². The Balaban J connectivity index is 2.58. The fourth-order valence-corrected chi connectivity index (χ4v) is 1.95. The molecule has 5 nitrogen and oxygen atoms in total. The fourth-order valence-electron chi connectivity index (χ4n) is 1.95. The third-order valence-electron chi connectivity index (χ3n) is 2.69. The Labute approximate surface area is 102 Å². The van der Waals surface area contributed by atoms with Crippen molar-refractivity contribution in [1.82, 2.24) is 4.90 Å². The molecule has 0 heterocycles. The minimum atomic E-state index is -4.58. The van der Waals surface area contributed by atoms with Gasteiger partial charge in [-0.2, -0.15) is 13.2 Å². The van der Waals surface area contributed by atoms with Crippen LogP contribution < -0.4 is 5.73 Å². The molecule has 0 aromatic heterocycles. The molecular formula is C10H15F3N2O3. The maximum atomic E-state index is 11.9. The molecule has 1 aliphatic carbocycles. The van der Waals surface area contributed by atoms with Crippen LogP contribution in [0.1, 0.15) is 25.7 Å². The number of ether oxygens (including phenoxy) is 1. The van der Waals surface area contributed by atoms with Crippen LogP contribution in [0.15, 0.2) is 0 Å². The minimum absolute atomic E-state index is 0.266. The molecule has 0 spiro atoms. The van der Waals surface area contributed by atoms with Crippen LogP contribution >= 0.6 is 0 Å². The summed E-state index contributed by atoms with van der Waals surface area (Å²) in [6.45, 7) is -2.07. The highest BCUT2D eigenvalue weighted by Gasteiger charge is 2.33. The van der Waals surface area contributed by atoms with Crippen LogP contribution in [0.5, 0.6) is 0 Å². The highest BCUT2D eigenvalue weighted by Crippen LogP contribution is 2.24. The molecule has 0 aromatic carbocycles. The summed E-state index contributed by atoms with van der Waals surface area (Å²) in [4.78, 5) is 23.3. The molecule has 0 aliphatic heterocycles. The van der Waals surface area contributed by atoms with Gasteiger partial charge in [0.05, 0.1) is 0 Å². The third-order valence-corrected chi connectivity index (χ3v) is 2.69. The Morgan fingerprint density at radius 3 is 2.28 bits per heavy atom. The van der Waals surface area contributed by atoms with Gasteiger partial charge in [0, 0.05) is 6.04 Å². The van der Waals surface area contributed by atoms with Gasteiger partial charge in [-0.05, 0) is 12.8 Å². The van der Waals surface area contributed by atoms with Crippen LogP contribution in [0.3, 0.4) is 0 Å². The number of nitrogens with zero attached hydrogens (tertiary/aromatic N) is 1. The Morgan fingerprint density at radius 1 is 1.28 bits per heavy atom. The first-order valence-electron chi connectivity index (χ1n) is 5.58. The molecule has 0 aromatic rings. The van der Waals surface area contributed by atoms with Crippen molar-refractivity contribution < 1.29 is 27.5 Å². The lowest BCUT2D eigenvalue weighted by Crippen LogP contribution is -2.45. The van der Waals surface area contributed by atoms with E-state index in [1.165, 1.54) is 0 Å². The van der Waals surface area contributed by atoms with Crippen LogP contribution in [0.4, 0.5) is 18.0 Å². The van der Waals surface area contributed by atoms with E-state index in [0.717, 1.165) is 17.7 Å². The van der Waals surface area contributed by atoms with Gasteiger partial charge in [-0.3, -0.25) is 9.69 Å². The summed E-state index contributed by atoms with van der Waals surface area (Å²) in [7, 11) is 0. The van der Waals surface area contributed by atoms with Crippen molar-refractivity contribution in [3.05, 3.63) is 0 Å². The largest absolute Gasteiger partial charge is 0.440 e. The number of rotatable bonds is 4. The maximum Gasteiger partial charge on any atom is 0.422 e. The number of hydrogen-bond acceptors (Lipinski definition) is 3. The predicted octanol–water partition coefficient (Wildman–Crippen LogP) is 1.42. The molecule has 1 rings (SSSR count). The highest BCUT2D eigenvalue weighted by molar-refractivity contribution is 5.81. The number of primary amides is 1. The van der Waals surface area contributed by atoms with Crippen LogP contribution in [0.25, 0.3) is 0 Å².